The summed E-state index contributed by atoms with van der Waals surface area (Å²) in [5.41, 5.74) is 0.888. The maximum atomic E-state index is 4.61. The molecule has 0 amide bonds. The van der Waals surface area contributed by atoms with Crippen LogP contribution in [0.2, 0.25) is 0 Å². The van der Waals surface area contributed by atoms with Gasteiger partial charge in [0.1, 0.15) is 11.5 Å². The quantitative estimate of drug-likeness (QED) is 0.867. The number of rotatable bonds is 4. The predicted molar refractivity (Wildman–Crippen MR) is 74.0 cm³/mol. The molecule has 0 spiro atoms. The van der Waals surface area contributed by atoms with Gasteiger partial charge in [-0.2, -0.15) is 9.97 Å². The van der Waals surface area contributed by atoms with Gasteiger partial charge in [-0.15, -0.1) is 0 Å². The molecule has 5 nitrogen and oxygen atoms in total. The summed E-state index contributed by atoms with van der Waals surface area (Å²) in [7, 11) is 3.97. The van der Waals surface area contributed by atoms with Crippen molar-refractivity contribution in [2.75, 3.05) is 24.3 Å². The molecule has 0 aromatic carbocycles. The first-order valence-electron chi connectivity index (χ1n) is 6.46. The Morgan fingerprint density at radius 2 is 2.22 bits per heavy atom. The molecular formula is C13H19N5. The van der Waals surface area contributed by atoms with Crippen LogP contribution in [-0.2, 0) is 0 Å². The molecule has 3 rings (SSSR count). The van der Waals surface area contributed by atoms with Crippen molar-refractivity contribution in [3.05, 3.63) is 12.3 Å². The molecule has 5 heteroatoms. The lowest BCUT2D eigenvalue weighted by Crippen LogP contribution is -2.31. The molecule has 1 saturated carbocycles. The van der Waals surface area contributed by atoms with E-state index < -0.39 is 0 Å². The maximum absolute atomic E-state index is 4.61. The Morgan fingerprint density at radius 1 is 1.44 bits per heavy atom. The van der Waals surface area contributed by atoms with Crippen LogP contribution in [0, 0.1) is 5.92 Å². The van der Waals surface area contributed by atoms with Crippen molar-refractivity contribution in [2.24, 2.45) is 5.92 Å². The summed E-state index contributed by atoms with van der Waals surface area (Å²) in [5, 5.41) is 4.11. The second-order valence-corrected chi connectivity index (χ2v) is 5.05. The van der Waals surface area contributed by atoms with Crippen LogP contribution in [-0.4, -0.2) is 35.1 Å². The molecule has 0 unspecified atom stereocenters. The summed E-state index contributed by atoms with van der Waals surface area (Å²) in [6, 6.07) is 2.57. The zero-order valence-corrected chi connectivity index (χ0v) is 11.1. The largest absolute Gasteiger partial charge is 0.357 e. The van der Waals surface area contributed by atoms with Gasteiger partial charge in [0, 0.05) is 26.3 Å². The predicted octanol–water partition coefficient (Wildman–Crippen LogP) is 2.23. The Hall–Kier alpha value is -1.78. The van der Waals surface area contributed by atoms with Crippen molar-refractivity contribution in [3.8, 4) is 0 Å². The highest BCUT2D eigenvalue weighted by Crippen LogP contribution is 2.37. The third kappa shape index (κ3) is 1.79. The summed E-state index contributed by atoms with van der Waals surface area (Å²) in [4.78, 5) is 14.4. The number of nitrogens with zero attached hydrogens (tertiary/aromatic N) is 3. The van der Waals surface area contributed by atoms with Gasteiger partial charge < -0.3 is 15.2 Å². The first-order valence-corrected chi connectivity index (χ1v) is 6.46. The van der Waals surface area contributed by atoms with Crippen LogP contribution in [0.15, 0.2) is 12.3 Å². The summed E-state index contributed by atoms with van der Waals surface area (Å²) in [5.74, 6) is 2.48. The van der Waals surface area contributed by atoms with E-state index in [2.05, 4.69) is 39.1 Å². The number of H-pyrrole nitrogens is 1. The van der Waals surface area contributed by atoms with Crippen molar-refractivity contribution in [3.63, 3.8) is 0 Å². The van der Waals surface area contributed by atoms with E-state index in [4.69, 9.17) is 0 Å². The number of fused-ring (bicyclic) bond motifs is 1. The molecule has 1 aliphatic carbocycles. The van der Waals surface area contributed by atoms with Crippen LogP contribution in [0.1, 0.15) is 19.8 Å². The number of hydrogen-bond donors (Lipinski definition) is 2. The Balaban J connectivity index is 2.05. The molecule has 2 heterocycles. The Kier molecular flexibility index (Phi) is 2.61. The van der Waals surface area contributed by atoms with Crippen LogP contribution in [0.3, 0.4) is 0 Å². The lowest BCUT2D eigenvalue weighted by molar-refractivity contribution is 0.605. The second kappa shape index (κ2) is 4.15. The van der Waals surface area contributed by atoms with E-state index in [-0.39, 0.29) is 0 Å². The van der Waals surface area contributed by atoms with Gasteiger partial charge in [-0.3, -0.25) is 0 Å². The minimum absolute atomic E-state index is 0.530. The molecule has 0 bridgehead atoms. The maximum Gasteiger partial charge on any atom is 0.226 e. The highest BCUT2D eigenvalue weighted by molar-refractivity contribution is 5.88. The molecule has 0 saturated heterocycles. The van der Waals surface area contributed by atoms with Gasteiger partial charge in [0.15, 0.2) is 0 Å². The van der Waals surface area contributed by atoms with Gasteiger partial charge in [0.05, 0.1) is 5.39 Å². The zero-order chi connectivity index (χ0) is 12.7. The molecule has 1 aliphatic rings. The van der Waals surface area contributed by atoms with Gasteiger partial charge in [-0.05, 0) is 31.7 Å². The molecular weight excluding hydrogens is 226 g/mol. The van der Waals surface area contributed by atoms with Crippen LogP contribution < -0.4 is 10.2 Å². The topological polar surface area (TPSA) is 56.8 Å². The van der Waals surface area contributed by atoms with Crippen LogP contribution in [0.25, 0.3) is 11.0 Å². The van der Waals surface area contributed by atoms with Gasteiger partial charge in [0.2, 0.25) is 5.95 Å². The summed E-state index contributed by atoms with van der Waals surface area (Å²) < 4.78 is 0. The second-order valence-electron chi connectivity index (χ2n) is 5.05. The SMILES string of the molecule is CNc1nc(N(C)[C@@H](C)C2CC2)c2cc[nH]c2n1. The molecule has 2 aromatic heterocycles. The molecule has 18 heavy (non-hydrogen) atoms. The lowest BCUT2D eigenvalue weighted by atomic mass is 10.2. The van der Waals surface area contributed by atoms with E-state index in [0.29, 0.717) is 12.0 Å². The molecule has 2 aromatic rings. The Bertz CT molecular complexity index is 558. The van der Waals surface area contributed by atoms with E-state index in [1.54, 1.807) is 0 Å². The molecule has 0 radical (unpaired) electrons. The van der Waals surface area contributed by atoms with Crippen molar-refractivity contribution in [2.45, 2.75) is 25.8 Å². The van der Waals surface area contributed by atoms with E-state index in [1.807, 2.05) is 19.3 Å². The fraction of sp³-hybridized carbons (Fsp3) is 0.538. The average molecular weight is 245 g/mol. The van der Waals surface area contributed by atoms with Crippen LogP contribution in [0.5, 0.6) is 0 Å². The average Bonchev–Trinajstić information content (AvgIpc) is 3.13. The number of aromatic nitrogens is 3. The lowest BCUT2D eigenvalue weighted by Gasteiger charge is -2.26. The summed E-state index contributed by atoms with van der Waals surface area (Å²) in [6.07, 6.45) is 4.59. The summed E-state index contributed by atoms with van der Waals surface area (Å²) >= 11 is 0. The minimum atomic E-state index is 0.530. The minimum Gasteiger partial charge on any atom is -0.357 e. The van der Waals surface area contributed by atoms with Crippen molar-refractivity contribution in [1.82, 2.24) is 15.0 Å². The van der Waals surface area contributed by atoms with E-state index in [0.717, 1.165) is 22.8 Å². The first kappa shape index (κ1) is 11.3. The van der Waals surface area contributed by atoms with Crippen LogP contribution >= 0.6 is 0 Å². The highest BCUT2D eigenvalue weighted by atomic mass is 15.2. The van der Waals surface area contributed by atoms with Crippen LogP contribution in [0.4, 0.5) is 11.8 Å². The smallest absolute Gasteiger partial charge is 0.226 e. The number of anilines is 2. The fourth-order valence-electron chi connectivity index (χ4n) is 2.39. The third-order valence-electron chi connectivity index (χ3n) is 3.87. The first-order chi connectivity index (χ1) is 8.70. The molecule has 1 fully saturated rings. The van der Waals surface area contributed by atoms with Crippen molar-refractivity contribution >= 4 is 22.8 Å². The van der Waals surface area contributed by atoms with Gasteiger partial charge >= 0.3 is 0 Å². The molecule has 96 valence electrons. The van der Waals surface area contributed by atoms with Crippen molar-refractivity contribution in [1.29, 1.82) is 0 Å². The normalized spacial score (nSPS) is 16.8. The van der Waals surface area contributed by atoms with Gasteiger partial charge in [0.25, 0.3) is 0 Å². The Morgan fingerprint density at radius 3 is 2.89 bits per heavy atom. The number of aromatic amines is 1. The fourth-order valence-corrected chi connectivity index (χ4v) is 2.39. The Labute approximate surface area is 107 Å². The van der Waals surface area contributed by atoms with Crippen molar-refractivity contribution < 1.29 is 0 Å². The molecule has 0 aliphatic heterocycles. The standard InChI is InChI=1S/C13H19N5/c1-8(9-4-5-9)18(3)12-10-6-7-15-11(10)16-13(14-2)17-12/h6-9H,4-5H2,1-3H3,(H2,14,15,16,17)/t8-/m0/s1. The summed E-state index contributed by atoms with van der Waals surface area (Å²) in [6.45, 7) is 2.28. The molecule has 2 N–H and O–H groups in total. The highest BCUT2D eigenvalue weighted by Gasteiger charge is 2.31. The van der Waals surface area contributed by atoms with E-state index in [1.165, 1.54) is 12.8 Å². The van der Waals surface area contributed by atoms with E-state index in [9.17, 15) is 0 Å². The van der Waals surface area contributed by atoms with Gasteiger partial charge in [-0.1, -0.05) is 0 Å². The third-order valence-corrected chi connectivity index (χ3v) is 3.87. The van der Waals surface area contributed by atoms with Gasteiger partial charge in [-0.25, -0.2) is 0 Å². The molecule has 1 atom stereocenters. The monoisotopic (exact) mass is 245 g/mol. The zero-order valence-electron chi connectivity index (χ0n) is 11.1. The number of hydrogen-bond acceptors (Lipinski definition) is 4. The number of nitrogens with one attached hydrogen (secondary N) is 2. The van der Waals surface area contributed by atoms with E-state index >= 15 is 0 Å².